The molecule has 0 aliphatic heterocycles. The number of hydrogen-bond donors (Lipinski definition) is 3. The number of hydrogen-bond acceptors (Lipinski definition) is 4. The average Bonchev–Trinajstić information content (AvgIpc) is 2.64. The first kappa shape index (κ1) is 13.4. The van der Waals surface area contributed by atoms with Crippen LogP contribution in [0.4, 0.5) is 5.69 Å². The SMILES string of the molecule is Cn1ncc(Br)c1C(NN)c1ccc(Cl)cc1N. The summed E-state index contributed by atoms with van der Waals surface area (Å²) in [6.07, 6.45) is 1.71. The molecule has 0 amide bonds. The molecule has 1 atom stereocenters. The zero-order chi connectivity index (χ0) is 13.3. The van der Waals surface area contributed by atoms with Crippen LogP contribution in [0.5, 0.6) is 0 Å². The molecule has 5 nitrogen and oxygen atoms in total. The van der Waals surface area contributed by atoms with Gasteiger partial charge in [-0.1, -0.05) is 17.7 Å². The molecular formula is C11H13BrClN5. The number of benzene rings is 1. The third-order valence-electron chi connectivity index (χ3n) is 2.74. The minimum absolute atomic E-state index is 0.260. The van der Waals surface area contributed by atoms with Crippen molar-refractivity contribution in [3.05, 3.63) is 45.1 Å². The third-order valence-corrected chi connectivity index (χ3v) is 3.58. The molecule has 1 aromatic heterocycles. The van der Waals surface area contributed by atoms with Gasteiger partial charge in [0.25, 0.3) is 0 Å². The number of aromatic nitrogens is 2. The van der Waals surface area contributed by atoms with E-state index in [0.717, 1.165) is 15.7 Å². The summed E-state index contributed by atoms with van der Waals surface area (Å²) >= 11 is 9.34. The van der Waals surface area contributed by atoms with Crippen LogP contribution in [0.25, 0.3) is 0 Å². The number of aryl methyl sites for hydroxylation is 1. The Balaban J connectivity index is 2.52. The quantitative estimate of drug-likeness (QED) is 0.456. The van der Waals surface area contributed by atoms with E-state index in [1.165, 1.54) is 0 Å². The Morgan fingerprint density at radius 3 is 2.72 bits per heavy atom. The lowest BCUT2D eigenvalue weighted by Crippen LogP contribution is -2.31. The zero-order valence-electron chi connectivity index (χ0n) is 9.69. The first-order valence-electron chi connectivity index (χ1n) is 5.23. The van der Waals surface area contributed by atoms with Crippen molar-refractivity contribution < 1.29 is 0 Å². The molecular weight excluding hydrogens is 318 g/mol. The van der Waals surface area contributed by atoms with Crippen LogP contribution in [-0.2, 0) is 7.05 Å². The minimum atomic E-state index is -0.260. The number of anilines is 1. The van der Waals surface area contributed by atoms with E-state index in [9.17, 15) is 0 Å². The summed E-state index contributed by atoms with van der Waals surface area (Å²) in [6, 6.07) is 5.07. The van der Waals surface area contributed by atoms with Gasteiger partial charge in [0.1, 0.15) is 0 Å². The number of nitrogens with zero attached hydrogens (tertiary/aromatic N) is 2. The number of nitrogen functional groups attached to an aromatic ring is 1. The van der Waals surface area contributed by atoms with E-state index in [1.807, 2.05) is 13.1 Å². The largest absolute Gasteiger partial charge is 0.398 e. The molecule has 2 rings (SSSR count). The second kappa shape index (κ2) is 5.27. The molecule has 7 heteroatoms. The maximum absolute atomic E-state index is 5.98. The van der Waals surface area contributed by atoms with E-state index in [1.54, 1.807) is 23.0 Å². The fraction of sp³-hybridized carbons (Fsp3) is 0.182. The van der Waals surface area contributed by atoms with E-state index < -0.39 is 0 Å². The van der Waals surface area contributed by atoms with Crippen molar-refractivity contribution in [3.8, 4) is 0 Å². The maximum Gasteiger partial charge on any atom is 0.0909 e. The molecule has 2 aromatic rings. The highest BCUT2D eigenvalue weighted by atomic mass is 79.9. The van der Waals surface area contributed by atoms with Gasteiger partial charge < -0.3 is 5.73 Å². The van der Waals surface area contributed by atoms with Gasteiger partial charge >= 0.3 is 0 Å². The molecule has 1 unspecified atom stereocenters. The van der Waals surface area contributed by atoms with Crippen molar-refractivity contribution in [1.82, 2.24) is 15.2 Å². The van der Waals surface area contributed by atoms with Crippen molar-refractivity contribution in [3.63, 3.8) is 0 Å². The van der Waals surface area contributed by atoms with Crippen molar-refractivity contribution in [2.75, 3.05) is 5.73 Å². The number of hydrazine groups is 1. The van der Waals surface area contributed by atoms with Gasteiger partial charge in [0.05, 0.1) is 22.4 Å². The van der Waals surface area contributed by atoms with E-state index in [0.29, 0.717) is 10.7 Å². The van der Waals surface area contributed by atoms with Crippen molar-refractivity contribution in [1.29, 1.82) is 0 Å². The second-order valence-corrected chi connectivity index (χ2v) is 5.17. The van der Waals surface area contributed by atoms with Crippen LogP contribution in [0.3, 0.4) is 0 Å². The highest BCUT2D eigenvalue weighted by Crippen LogP contribution is 2.31. The second-order valence-electron chi connectivity index (χ2n) is 3.87. The predicted octanol–water partition coefficient (Wildman–Crippen LogP) is 1.97. The highest BCUT2D eigenvalue weighted by Gasteiger charge is 2.21. The third kappa shape index (κ3) is 2.37. The fourth-order valence-electron chi connectivity index (χ4n) is 1.87. The Morgan fingerprint density at radius 2 is 2.22 bits per heavy atom. The van der Waals surface area contributed by atoms with Gasteiger partial charge in [-0.3, -0.25) is 10.5 Å². The Morgan fingerprint density at radius 1 is 1.50 bits per heavy atom. The molecule has 1 heterocycles. The van der Waals surface area contributed by atoms with Gasteiger partial charge in [0.15, 0.2) is 0 Å². The molecule has 0 radical (unpaired) electrons. The summed E-state index contributed by atoms with van der Waals surface area (Å²) in [4.78, 5) is 0. The van der Waals surface area contributed by atoms with Crippen molar-refractivity contribution >= 4 is 33.2 Å². The van der Waals surface area contributed by atoms with Crippen molar-refractivity contribution in [2.24, 2.45) is 12.9 Å². The smallest absolute Gasteiger partial charge is 0.0909 e. The zero-order valence-corrected chi connectivity index (χ0v) is 12.0. The summed E-state index contributed by atoms with van der Waals surface area (Å²) in [6.45, 7) is 0. The van der Waals surface area contributed by atoms with Crippen molar-refractivity contribution in [2.45, 2.75) is 6.04 Å². The number of nitrogens with two attached hydrogens (primary N) is 2. The Hall–Kier alpha value is -1.08. The molecule has 96 valence electrons. The van der Waals surface area contributed by atoms with Gasteiger partial charge in [-0.25, -0.2) is 5.43 Å². The minimum Gasteiger partial charge on any atom is -0.398 e. The summed E-state index contributed by atoms with van der Waals surface area (Å²) in [5.41, 5.74) is 11.1. The Labute approximate surface area is 118 Å². The average molecular weight is 331 g/mol. The van der Waals surface area contributed by atoms with Gasteiger partial charge in [0, 0.05) is 17.8 Å². The molecule has 0 aliphatic carbocycles. The van der Waals surface area contributed by atoms with Crippen LogP contribution >= 0.6 is 27.5 Å². The molecule has 0 spiro atoms. The molecule has 1 aromatic carbocycles. The monoisotopic (exact) mass is 329 g/mol. The molecule has 0 aliphatic rings. The van der Waals surface area contributed by atoms with Gasteiger partial charge in [-0.05, 0) is 33.6 Å². The van der Waals surface area contributed by atoms with Crippen LogP contribution in [-0.4, -0.2) is 9.78 Å². The summed E-state index contributed by atoms with van der Waals surface area (Å²) in [5, 5.41) is 4.76. The topological polar surface area (TPSA) is 81.9 Å². The number of nitrogens with one attached hydrogen (secondary N) is 1. The molecule has 0 saturated carbocycles. The summed E-state index contributed by atoms with van der Waals surface area (Å²) in [5.74, 6) is 5.64. The Bertz CT molecular complexity index is 549. The van der Waals surface area contributed by atoms with Gasteiger partial charge in [-0.15, -0.1) is 0 Å². The lowest BCUT2D eigenvalue weighted by molar-refractivity contribution is 0.574. The first-order chi connectivity index (χ1) is 8.54. The molecule has 0 saturated heterocycles. The molecule has 0 fully saturated rings. The van der Waals surface area contributed by atoms with Crippen LogP contribution in [0.15, 0.2) is 28.9 Å². The predicted molar refractivity (Wildman–Crippen MR) is 75.9 cm³/mol. The van der Waals surface area contributed by atoms with Crippen LogP contribution in [0.2, 0.25) is 5.02 Å². The standard InChI is InChI=1S/C11H13BrClN5/c1-18-11(8(12)5-16-18)10(17-15)7-3-2-6(13)4-9(7)14/h2-5,10,17H,14-15H2,1H3. The van der Waals surface area contributed by atoms with E-state index in [4.69, 9.17) is 23.2 Å². The molecule has 18 heavy (non-hydrogen) atoms. The van der Waals surface area contributed by atoms with E-state index in [-0.39, 0.29) is 6.04 Å². The van der Waals surface area contributed by atoms with Crippen LogP contribution in [0.1, 0.15) is 17.3 Å². The lowest BCUT2D eigenvalue weighted by Gasteiger charge is -2.19. The van der Waals surface area contributed by atoms with Gasteiger partial charge in [0.2, 0.25) is 0 Å². The van der Waals surface area contributed by atoms with E-state index >= 15 is 0 Å². The number of rotatable bonds is 3. The van der Waals surface area contributed by atoms with Gasteiger partial charge in [-0.2, -0.15) is 5.10 Å². The first-order valence-corrected chi connectivity index (χ1v) is 6.40. The van der Waals surface area contributed by atoms with Crippen LogP contribution in [0, 0.1) is 0 Å². The molecule has 0 bridgehead atoms. The highest BCUT2D eigenvalue weighted by molar-refractivity contribution is 9.10. The fourth-order valence-corrected chi connectivity index (χ4v) is 2.63. The molecule has 5 N–H and O–H groups in total. The van der Waals surface area contributed by atoms with Crippen LogP contribution < -0.4 is 17.0 Å². The Kier molecular flexibility index (Phi) is 3.91. The maximum atomic E-state index is 5.98. The normalized spacial score (nSPS) is 12.7. The summed E-state index contributed by atoms with van der Waals surface area (Å²) in [7, 11) is 1.84. The summed E-state index contributed by atoms with van der Waals surface area (Å²) < 4.78 is 2.60. The number of halogens is 2. The van der Waals surface area contributed by atoms with E-state index in [2.05, 4.69) is 26.5 Å². The lowest BCUT2D eigenvalue weighted by atomic mass is 10.0.